The predicted molar refractivity (Wildman–Crippen MR) is 86.0 cm³/mol. The van der Waals surface area contributed by atoms with Gasteiger partial charge in [-0.05, 0) is 49.9 Å². The molecule has 21 heavy (non-hydrogen) atoms. The first kappa shape index (κ1) is 16.7. The third-order valence-electron chi connectivity index (χ3n) is 3.56. The van der Waals surface area contributed by atoms with Crippen molar-refractivity contribution >= 4 is 21.6 Å². The van der Waals surface area contributed by atoms with E-state index in [9.17, 15) is 8.42 Å². The monoisotopic (exact) mass is 330 g/mol. The molecular weight excluding hydrogens is 308 g/mol. The average molecular weight is 331 g/mol. The van der Waals surface area contributed by atoms with Crippen molar-refractivity contribution in [3.05, 3.63) is 28.8 Å². The molecule has 1 aliphatic rings. The summed E-state index contributed by atoms with van der Waals surface area (Å²) >= 11 is 6.15. The van der Waals surface area contributed by atoms with Gasteiger partial charge in [0, 0.05) is 23.7 Å². The maximum Gasteiger partial charge on any atom is 0.240 e. The highest BCUT2D eigenvalue weighted by atomic mass is 35.5. The number of hydrogen-bond donors (Lipinski definition) is 2. The van der Waals surface area contributed by atoms with Crippen LogP contribution in [0.1, 0.15) is 45.1 Å². The van der Waals surface area contributed by atoms with Crippen LogP contribution in [0, 0.1) is 0 Å². The second-order valence-electron chi connectivity index (χ2n) is 5.72. The van der Waals surface area contributed by atoms with Crippen molar-refractivity contribution in [1.29, 1.82) is 0 Å². The van der Waals surface area contributed by atoms with E-state index >= 15 is 0 Å². The fourth-order valence-electron chi connectivity index (χ4n) is 2.22. The minimum absolute atomic E-state index is 0.0660. The Hall–Kier alpha value is -0.620. The van der Waals surface area contributed by atoms with Crippen molar-refractivity contribution in [1.82, 2.24) is 10.0 Å². The Morgan fingerprint density at radius 3 is 2.71 bits per heavy atom. The van der Waals surface area contributed by atoms with E-state index < -0.39 is 10.0 Å². The first-order chi connectivity index (χ1) is 9.92. The number of benzene rings is 1. The van der Waals surface area contributed by atoms with E-state index in [0.717, 1.165) is 18.4 Å². The van der Waals surface area contributed by atoms with Gasteiger partial charge in [0.05, 0.1) is 4.90 Å². The van der Waals surface area contributed by atoms with E-state index in [1.807, 2.05) is 13.8 Å². The fraction of sp³-hybridized carbons (Fsp3) is 0.600. The highest BCUT2D eigenvalue weighted by Gasteiger charge is 2.22. The van der Waals surface area contributed by atoms with Crippen LogP contribution >= 0.6 is 11.6 Å². The molecule has 0 bridgehead atoms. The molecule has 4 nitrogen and oxygen atoms in total. The largest absolute Gasteiger partial charge is 0.310 e. The summed E-state index contributed by atoms with van der Waals surface area (Å²) in [6.07, 6.45) is 4.14. The first-order valence-electron chi connectivity index (χ1n) is 7.46. The molecule has 0 heterocycles. The number of rotatable bonds is 8. The summed E-state index contributed by atoms with van der Waals surface area (Å²) in [4.78, 5) is 0.280. The Kier molecular flexibility index (Phi) is 5.66. The molecule has 0 aliphatic heterocycles. The SMILES string of the molecule is CCCC(C)NS(=O)(=O)c1ccc(Cl)c(CNC2CC2)c1. The lowest BCUT2D eigenvalue weighted by Gasteiger charge is -2.14. The molecule has 1 saturated carbocycles. The average Bonchev–Trinajstić information content (AvgIpc) is 3.21. The molecule has 1 aliphatic carbocycles. The molecule has 1 fully saturated rings. The summed E-state index contributed by atoms with van der Waals surface area (Å²) in [7, 11) is -3.48. The molecule has 2 N–H and O–H groups in total. The van der Waals surface area contributed by atoms with Crippen molar-refractivity contribution in [2.75, 3.05) is 0 Å². The number of nitrogens with one attached hydrogen (secondary N) is 2. The summed E-state index contributed by atoms with van der Waals surface area (Å²) in [6.45, 7) is 4.53. The van der Waals surface area contributed by atoms with Crippen LogP contribution in [0.2, 0.25) is 5.02 Å². The Labute approximate surface area is 132 Å². The maximum atomic E-state index is 12.4. The van der Waals surface area contributed by atoms with Crippen molar-refractivity contribution in [2.24, 2.45) is 0 Å². The second kappa shape index (κ2) is 7.09. The van der Waals surface area contributed by atoms with Gasteiger partial charge in [-0.25, -0.2) is 13.1 Å². The van der Waals surface area contributed by atoms with E-state index in [0.29, 0.717) is 17.6 Å². The predicted octanol–water partition coefficient (Wildman–Crippen LogP) is 3.06. The van der Waals surface area contributed by atoms with E-state index in [2.05, 4.69) is 10.0 Å². The van der Waals surface area contributed by atoms with Gasteiger partial charge in [-0.3, -0.25) is 0 Å². The molecule has 0 amide bonds. The zero-order valence-corrected chi connectivity index (χ0v) is 14.1. The quantitative estimate of drug-likeness (QED) is 0.770. The van der Waals surface area contributed by atoms with Gasteiger partial charge in [0.1, 0.15) is 0 Å². The number of hydrogen-bond acceptors (Lipinski definition) is 3. The Bertz CT molecular complexity index is 585. The molecule has 1 aromatic carbocycles. The summed E-state index contributed by atoms with van der Waals surface area (Å²) < 4.78 is 27.4. The van der Waals surface area contributed by atoms with Gasteiger partial charge in [-0.2, -0.15) is 0 Å². The number of halogens is 1. The lowest BCUT2D eigenvalue weighted by atomic mass is 10.2. The van der Waals surface area contributed by atoms with E-state index in [4.69, 9.17) is 11.6 Å². The van der Waals surface area contributed by atoms with Crippen LogP contribution in [-0.2, 0) is 16.6 Å². The van der Waals surface area contributed by atoms with Crippen molar-refractivity contribution < 1.29 is 8.42 Å². The van der Waals surface area contributed by atoms with Crippen LogP contribution in [0.4, 0.5) is 0 Å². The molecule has 1 atom stereocenters. The minimum Gasteiger partial charge on any atom is -0.310 e. The minimum atomic E-state index is -3.48. The fourth-order valence-corrected chi connectivity index (χ4v) is 3.73. The van der Waals surface area contributed by atoms with Gasteiger partial charge in [0.15, 0.2) is 0 Å². The van der Waals surface area contributed by atoms with Crippen LogP contribution < -0.4 is 10.0 Å². The lowest BCUT2D eigenvalue weighted by molar-refractivity contribution is 0.543. The molecule has 0 aromatic heterocycles. The van der Waals surface area contributed by atoms with Crippen molar-refractivity contribution in [2.45, 2.75) is 63.1 Å². The third-order valence-corrected chi connectivity index (χ3v) is 5.52. The molecule has 6 heteroatoms. The van der Waals surface area contributed by atoms with Gasteiger partial charge >= 0.3 is 0 Å². The topological polar surface area (TPSA) is 58.2 Å². The highest BCUT2D eigenvalue weighted by molar-refractivity contribution is 7.89. The normalized spacial score (nSPS) is 16.9. The van der Waals surface area contributed by atoms with Crippen LogP contribution in [0.15, 0.2) is 23.1 Å². The van der Waals surface area contributed by atoms with Crippen LogP contribution in [0.5, 0.6) is 0 Å². The highest BCUT2D eigenvalue weighted by Crippen LogP contribution is 2.23. The lowest BCUT2D eigenvalue weighted by Crippen LogP contribution is -2.32. The smallest absolute Gasteiger partial charge is 0.240 e. The molecule has 0 radical (unpaired) electrons. The Morgan fingerprint density at radius 1 is 1.38 bits per heavy atom. The summed E-state index contributed by atoms with van der Waals surface area (Å²) in [6, 6.07) is 5.38. The standard InChI is InChI=1S/C15H23ClN2O2S/c1-3-4-11(2)18-21(19,20)14-7-8-15(16)12(9-14)10-17-13-5-6-13/h7-9,11,13,17-18H,3-6,10H2,1-2H3. The summed E-state index contributed by atoms with van der Waals surface area (Å²) in [5.74, 6) is 0. The molecule has 0 spiro atoms. The Morgan fingerprint density at radius 2 is 2.10 bits per heavy atom. The number of sulfonamides is 1. The molecular formula is C15H23ClN2O2S. The Balaban J connectivity index is 2.12. The molecule has 2 rings (SSSR count). The van der Waals surface area contributed by atoms with Crippen LogP contribution in [-0.4, -0.2) is 20.5 Å². The zero-order chi connectivity index (χ0) is 15.5. The summed E-state index contributed by atoms with van der Waals surface area (Å²) in [5.41, 5.74) is 0.828. The van der Waals surface area contributed by atoms with Gasteiger partial charge in [-0.15, -0.1) is 0 Å². The third kappa shape index (κ3) is 4.95. The molecule has 1 aromatic rings. The molecule has 0 saturated heterocycles. The van der Waals surface area contributed by atoms with Gasteiger partial charge < -0.3 is 5.32 Å². The van der Waals surface area contributed by atoms with Crippen LogP contribution in [0.3, 0.4) is 0 Å². The molecule has 1 unspecified atom stereocenters. The van der Waals surface area contributed by atoms with E-state index in [1.54, 1.807) is 18.2 Å². The maximum absolute atomic E-state index is 12.4. The first-order valence-corrected chi connectivity index (χ1v) is 9.32. The summed E-state index contributed by atoms with van der Waals surface area (Å²) in [5, 5.41) is 3.95. The van der Waals surface area contributed by atoms with Gasteiger partial charge in [-0.1, -0.05) is 24.9 Å². The molecule has 118 valence electrons. The van der Waals surface area contributed by atoms with Gasteiger partial charge in [0.2, 0.25) is 10.0 Å². The van der Waals surface area contributed by atoms with E-state index in [-0.39, 0.29) is 10.9 Å². The van der Waals surface area contributed by atoms with Crippen LogP contribution in [0.25, 0.3) is 0 Å². The zero-order valence-electron chi connectivity index (χ0n) is 12.5. The van der Waals surface area contributed by atoms with E-state index in [1.165, 1.54) is 12.8 Å². The van der Waals surface area contributed by atoms with Crippen molar-refractivity contribution in [3.63, 3.8) is 0 Å². The van der Waals surface area contributed by atoms with Crippen molar-refractivity contribution in [3.8, 4) is 0 Å². The second-order valence-corrected chi connectivity index (χ2v) is 7.84. The van der Waals surface area contributed by atoms with Gasteiger partial charge in [0.25, 0.3) is 0 Å².